The number of nitrogens with zero attached hydrogens (tertiary/aromatic N) is 1. The van der Waals surface area contributed by atoms with E-state index in [1.54, 1.807) is 20.0 Å². The molecule has 0 aliphatic carbocycles. The number of halogens is 2. The highest BCUT2D eigenvalue weighted by Gasteiger charge is 2.40. The van der Waals surface area contributed by atoms with E-state index in [0.717, 1.165) is 4.31 Å². The summed E-state index contributed by atoms with van der Waals surface area (Å²) in [5.41, 5.74) is 1.57. The van der Waals surface area contributed by atoms with Gasteiger partial charge in [0.25, 0.3) is 0 Å². The van der Waals surface area contributed by atoms with Gasteiger partial charge in [0.1, 0.15) is 11.6 Å². The molecule has 7 heteroatoms. The Balaban J connectivity index is 2.13. The van der Waals surface area contributed by atoms with Crippen LogP contribution >= 0.6 is 0 Å². The highest BCUT2D eigenvalue weighted by atomic mass is 32.2. The Kier molecular flexibility index (Phi) is 5.29. The summed E-state index contributed by atoms with van der Waals surface area (Å²) in [6.07, 6.45) is 1.31. The fourth-order valence-corrected chi connectivity index (χ4v) is 5.38. The number of aryl methyl sites for hydroxylation is 1. The fraction of sp³-hybridized carbons (Fsp3) is 0.368. The van der Waals surface area contributed by atoms with Gasteiger partial charge in [0.2, 0.25) is 10.0 Å². The minimum atomic E-state index is -3.82. The number of fused-ring (bicyclic) bond motifs is 1. The minimum Gasteiger partial charge on any atom is -0.320 e. The molecule has 0 aromatic heterocycles. The van der Waals surface area contributed by atoms with Crippen molar-refractivity contribution < 1.29 is 17.2 Å². The Hall–Kier alpha value is -1.99. The lowest BCUT2D eigenvalue weighted by atomic mass is 10.0. The normalized spacial score (nSPS) is 18.6. The molecule has 1 aliphatic rings. The topological polar surface area (TPSA) is 49.4 Å². The number of hydrogen-bond acceptors (Lipinski definition) is 3. The van der Waals surface area contributed by atoms with Crippen LogP contribution in [0.15, 0.2) is 36.4 Å². The fourth-order valence-electron chi connectivity index (χ4n) is 3.35. The Morgan fingerprint density at radius 2 is 1.88 bits per heavy atom. The van der Waals surface area contributed by atoms with Gasteiger partial charge in [-0.2, -0.15) is 0 Å². The van der Waals surface area contributed by atoms with E-state index in [1.807, 2.05) is 0 Å². The second-order valence-corrected chi connectivity index (χ2v) is 8.67. The van der Waals surface area contributed by atoms with Crippen LogP contribution < -0.4 is 9.62 Å². The van der Waals surface area contributed by atoms with Gasteiger partial charge in [0.15, 0.2) is 0 Å². The van der Waals surface area contributed by atoms with Crippen molar-refractivity contribution in [2.24, 2.45) is 0 Å². The molecule has 4 nitrogen and oxygen atoms in total. The van der Waals surface area contributed by atoms with Crippen molar-refractivity contribution in [3.05, 3.63) is 59.2 Å². The van der Waals surface area contributed by atoms with E-state index in [-0.39, 0.29) is 12.1 Å². The van der Waals surface area contributed by atoms with Gasteiger partial charge in [-0.1, -0.05) is 6.07 Å². The maximum absolute atomic E-state index is 14.6. The van der Waals surface area contributed by atoms with Crippen LogP contribution in [-0.4, -0.2) is 27.3 Å². The molecule has 0 saturated carbocycles. The first kappa shape index (κ1) is 18.8. The van der Waals surface area contributed by atoms with Gasteiger partial charge in [-0.25, -0.2) is 21.5 Å². The van der Waals surface area contributed by atoms with E-state index in [9.17, 15) is 17.2 Å². The monoisotopic (exact) mass is 380 g/mol. The molecule has 0 fully saturated rings. The van der Waals surface area contributed by atoms with Crippen molar-refractivity contribution in [2.45, 2.75) is 31.4 Å². The number of rotatable bonds is 5. The van der Waals surface area contributed by atoms with E-state index in [4.69, 9.17) is 0 Å². The summed E-state index contributed by atoms with van der Waals surface area (Å²) in [6, 6.07) is 8.39. The Bertz CT molecular complexity index is 916. The maximum atomic E-state index is 14.6. The molecule has 0 saturated heterocycles. The molecule has 1 aliphatic heterocycles. The van der Waals surface area contributed by atoms with E-state index in [1.165, 1.54) is 30.3 Å². The first-order valence-corrected chi connectivity index (χ1v) is 10.1. The van der Waals surface area contributed by atoms with E-state index in [2.05, 4.69) is 5.32 Å². The second kappa shape index (κ2) is 7.32. The van der Waals surface area contributed by atoms with Crippen LogP contribution in [-0.2, 0) is 16.4 Å². The van der Waals surface area contributed by atoms with Gasteiger partial charge >= 0.3 is 0 Å². The SMILES string of the molecule is CNCCC[C@H]1Cc2cc(F)ccc2N(c2ccc(C)cc2F)S1(=O)=O. The standard InChI is InChI=1S/C19H22F2N2O2S/c1-13-5-7-19(17(21)10-13)23-18-8-6-15(20)11-14(18)12-16(26(23,24)25)4-3-9-22-2/h5-8,10-11,16,22H,3-4,9,12H2,1-2H3/t16-/m0/s1. The predicted octanol–water partition coefficient (Wildman–Crippen LogP) is 3.67. The van der Waals surface area contributed by atoms with Gasteiger partial charge in [-0.3, -0.25) is 0 Å². The highest BCUT2D eigenvalue weighted by Crippen LogP contribution is 2.41. The summed E-state index contributed by atoms with van der Waals surface area (Å²) in [5, 5.41) is 2.28. The zero-order valence-electron chi connectivity index (χ0n) is 14.8. The molecule has 0 bridgehead atoms. The predicted molar refractivity (Wildman–Crippen MR) is 99.2 cm³/mol. The average molecular weight is 380 g/mol. The molecule has 1 N–H and O–H groups in total. The summed E-state index contributed by atoms with van der Waals surface area (Å²) in [6.45, 7) is 2.42. The van der Waals surface area contributed by atoms with Crippen LogP contribution in [0.5, 0.6) is 0 Å². The molecule has 0 radical (unpaired) electrons. The van der Waals surface area contributed by atoms with Gasteiger partial charge in [0.05, 0.1) is 16.6 Å². The lowest BCUT2D eigenvalue weighted by Crippen LogP contribution is -2.42. The maximum Gasteiger partial charge on any atom is 0.242 e. The Morgan fingerprint density at radius 1 is 1.15 bits per heavy atom. The van der Waals surface area contributed by atoms with Crippen LogP contribution in [0.3, 0.4) is 0 Å². The zero-order valence-corrected chi connectivity index (χ0v) is 15.6. The molecule has 26 heavy (non-hydrogen) atoms. The van der Waals surface area contributed by atoms with Crippen molar-refractivity contribution in [3.8, 4) is 0 Å². The van der Waals surface area contributed by atoms with Crippen molar-refractivity contribution >= 4 is 21.4 Å². The minimum absolute atomic E-state index is 0.0261. The van der Waals surface area contributed by atoms with E-state index in [0.29, 0.717) is 36.2 Å². The van der Waals surface area contributed by atoms with E-state index < -0.39 is 26.9 Å². The number of anilines is 2. The molecular weight excluding hydrogens is 358 g/mol. The average Bonchev–Trinajstić information content (AvgIpc) is 2.57. The van der Waals surface area contributed by atoms with Gasteiger partial charge in [-0.05, 0) is 81.2 Å². The molecule has 140 valence electrons. The molecule has 1 atom stereocenters. The zero-order chi connectivity index (χ0) is 18.9. The first-order chi connectivity index (χ1) is 12.3. The smallest absolute Gasteiger partial charge is 0.242 e. The number of sulfonamides is 1. The quantitative estimate of drug-likeness (QED) is 0.806. The molecule has 0 spiro atoms. The van der Waals surface area contributed by atoms with Crippen LogP contribution in [0, 0.1) is 18.6 Å². The molecular formula is C19H22F2N2O2S. The first-order valence-electron chi connectivity index (χ1n) is 8.58. The summed E-state index contributed by atoms with van der Waals surface area (Å²) in [4.78, 5) is 0. The molecule has 2 aromatic carbocycles. The van der Waals surface area contributed by atoms with Crippen molar-refractivity contribution in [1.82, 2.24) is 5.32 Å². The van der Waals surface area contributed by atoms with E-state index >= 15 is 0 Å². The third-order valence-corrected chi connectivity index (χ3v) is 6.81. The Labute approximate surface area is 152 Å². The second-order valence-electron chi connectivity index (χ2n) is 6.61. The lowest BCUT2D eigenvalue weighted by molar-refractivity contribution is 0.550. The summed E-state index contributed by atoms with van der Waals surface area (Å²) in [5.74, 6) is -1.04. The largest absolute Gasteiger partial charge is 0.320 e. The number of nitrogens with one attached hydrogen (secondary N) is 1. The molecule has 1 heterocycles. The molecule has 0 unspecified atom stereocenters. The summed E-state index contributed by atoms with van der Waals surface area (Å²) in [7, 11) is -2.02. The number of hydrogen-bond donors (Lipinski definition) is 1. The highest BCUT2D eigenvalue weighted by molar-refractivity contribution is 7.93. The lowest BCUT2D eigenvalue weighted by Gasteiger charge is -2.35. The van der Waals surface area contributed by atoms with Crippen molar-refractivity contribution in [3.63, 3.8) is 0 Å². The summed E-state index contributed by atoms with van der Waals surface area (Å²) >= 11 is 0. The van der Waals surface area contributed by atoms with Gasteiger partial charge in [-0.15, -0.1) is 0 Å². The van der Waals surface area contributed by atoms with Gasteiger partial charge in [0, 0.05) is 0 Å². The van der Waals surface area contributed by atoms with Crippen molar-refractivity contribution in [1.29, 1.82) is 0 Å². The third-order valence-electron chi connectivity index (χ3n) is 4.66. The molecule has 2 aromatic rings. The number of benzene rings is 2. The summed E-state index contributed by atoms with van der Waals surface area (Å²) < 4.78 is 55.8. The Morgan fingerprint density at radius 3 is 2.58 bits per heavy atom. The molecule has 3 rings (SSSR count). The van der Waals surface area contributed by atoms with Gasteiger partial charge < -0.3 is 5.32 Å². The molecule has 0 amide bonds. The van der Waals surface area contributed by atoms with Crippen LogP contribution in [0.4, 0.5) is 20.2 Å². The van der Waals surface area contributed by atoms with Crippen molar-refractivity contribution in [2.75, 3.05) is 17.9 Å². The van der Waals surface area contributed by atoms with Crippen LogP contribution in [0.1, 0.15) is 24.0 Å². The van der Waals surface area contributed by atoms with Crippen LogP contribution in [0.2, 0.25) is 0 Å². The third kappa shape index (κ3) is 3.46. The van der Waals surface area contributed by atoms with Crippen LogP contribution in [0.25, 0.3) is 0 Å².